The van der Waals surface area contributed by atoms with Crippen molar-refractivity contribution in [3.63, 3.8) is 0 Å². The Morgan fingerprint density at radius 3 is 2.75 bits per heavy atom. The molecule has 1 aromatic carbocycles. The van der Waals surface area contributed by atoms with E-state index in [1.165, 1.54) is 0 Å². The minimum absolute atomic E-state index is 0.477. The fourth-order valence-electron chi connectivity index (χ4n) is 2.58. The number of likely N-dealkylation sites (tertiary alicyclic amines) is 1. The van der Waals surface area contributed by atoms with Crippen LogP contribution in [0.1, 0.15) is 26.2 Å². The Kier molecular flexibility index (Phi) is 4.89. The van der Waals surface area contributed by atoms with Crippen LogP contribution in [0.3, 0.4) is 0 Å². The standard InChI is InChI=1S/C15H20ClNO3/c1-15(14(18)19)8-2-3-9-17(15)10-11-20-13-6-4-12(16)5-7-13/h4-7H,2-3,8-11H2,1H3,(H,18,19). The van der Waals surface area contributed by atoms with Crippen molar-refractivity contribution in [2.24, 2.45) is 0 Å². The van der Waals surface area contributed by atoms with Crippen LogP contribution in [0.5, 0.6) is 5.75 Å². The first-order valence-corrected chi connectivity index (χ1v) is 7.27. The van der Waals surface area contributed by atoms with E-state index in [1.54, 1.807) is 19.1 Å². The molecule has 1 saturated heterocycles. The van der Waals surface area contributed by atoms with Crippen LogP contribution in [0.15, 0.2) is 24.3 Å². The summed E-state index contributed by atoms with van der Waals surface area (Å²) in [5.74, 6) is 0.00660. The molecular weight excluding hydrogens is 278 g/mol. The number of benzene rings is 1. The minimum Gasteiger partial charge on any atom is -0.492 e. The van der Waals surface area contributed by atoms with Gasteiger partial charge in [-0.05, 0) is 57.0 Å². The van der Waals surface area contributed by atoms with E-state index in [0.717, 1.165) is 25.1 Å². The highest BCUT2D eigenvalue weighted by molar-refractivity contribution is 6.30. The van der Waals surface area contributed by atoms with Crippen LogP contribution >= 0.6 is 11.6 Å². The van der Waals surface area contributed by atoms with Crippen molar-refractivity contribution in [1.82, 2.24) is 4.90 Å². The van der Waals surface area contributed by atoms with Gasteiger partial charge in [-0.25, -0.2) is 0 Å². The number of nitrogens with zero attached hydrogens (tertiary/aromatic N) is 1. The second-order valence-corrected chi connectivity index (χ2v) is 5.76. The van der Waals surface area contributed by atoms with Gasteiger partial charge in [0, 0.05) is 11.6 Å². The van der Waals surface area contributed by atoms with Crippen LogP contribution in [-0.2, 0) is 4.79 Å². The van der Waals surface area contributed by atoms with E-state index in [4.69, 9.17) is 16.3 Å². The van der Waals surface area contributed by atoms with Crippen molar-refractivity contribution >= 4 is 17.6 Å². The molecule has 110 valence electrons. The summed E-state index contributed by atoms with van der Waals surface area (Å²) < 4.78 is 5.64. The minimum atomic E-state index is -0.762. The van der Waals surface area contributed by atoms with Crippen molar-refractivity contribution in [1.29, 1.82) is 0 Å². The molecule has 0 aromatic heterocycles. The van der Waals surface area contributed by atoms with Crippen LogP contribution in [0.2, 0.25) is 5.02 Å². The number of hydrogen-bond donors (Lipinski definition) is 1. The lowest BCUT2D eigenvalue weighted by atomic mass is 9.88. The van der Waals surface area contributed by atoms with Crippen LogP contribution in [0, 0.1) is 0 Å². The molecule has 20 heavy (non-hydrogen) atoms. The van der Waals surface area contributed by atoms with Crippen LogP contribution in [0.4, 0.5) is 0 Å². The van der Waals surface area contributed by atoms with Crippen molar-refractivity contribution in [2.75, 3.05) is 19.7 Å². The quantitative estimate of drug-likeness (QED) is 0.907. The molecular formula is C15H20ClNO3. The molecule has 0 saturated carbocycles. The highest BCUT2D eigenvalue weighted by atomic mass is 35.5. The third-order valence-corrected chi connectivity index (χ3v) is 4.20. The maximum Gasteiger partial charge on any atom is 0.323 e. The predicted molar refractivity (Wildman–Crippen MR) is 78.4 cm³/mol. The van der Waals surface area contributed by atoms with Crippen LogP contribution in [-0.4, -0.2) is 41.2 Å². The van der Waals surface area contributed by atoms with Crippen molar-refractivity contribution < 1.29 is 14.6 Å². The zero-order chi connectivity index (χ0) is 14.6. The van der Waals surface area contributed by atoms with Crippen LogP contribution in [0.25, 0.3) is 0 Å². The molecule has 0 aliphatic carbocycles. The lowest BCUT2D eigenvalue weighted by molar-refractivity contribution is -0.153. The summed E-state index contributed by atoms with van der Waals surface area (Å²) in [7, 11) is 0. The Labute approximate surface area is 124 Å². The lowest BCUT2D eigenvalue weighted by Gasteiger charge is -2.41. The van der Waals surface area contributed by atoms with Crippen molar-refractivity contribution in [2.45, 2.75) is 31.7 Å². The molecule has 0 radical (unpaired) electrons. The summed E-state index contributed by atoms with van der Waals surface area (Å²) in [6.45, 7) is 3.71. The number of halogens is 1. The molecule has 1 atom stereocenters. The topological polar surface area (TPSA) is 49.8 Å². The molecule has 0 spiro atoms. The number of aliphatic carboxylic acids is 1. The molecule has 5 heteroatoms. The summed E-state index contributed by atoms with van der Waals surface area (Å²) in [6, 6.07) is 7.18. The number of ether oxygens (including phenoxy) is 1. The Bertz CT molecular complexity index is 463. The fraction of sp³-hybridized carbons (Fsp3) is 0.533. The number of carboxylic acids is 1. The molecule has 1 aromatic rings. The second-order valence-electron chi connectivity index (χ2n) is 5.33. The normalized spacial score (nSPS) is 23.5. The molecule has 1 fully saturated rings. The highest BCUT2D eigenvalue weighted by Gasteiger charge is 2.40. The molecule has 0 bridgehead atoms. The Morgan fingerprint density at radius 2 is 2.10 bits per heavy atom. The van der Waals surface area contributed by atoms with Gasteiger partial charge in [0.2, 0.25) is 0 Å². The van der Waals surface area contributed by atoms with Gasteiger partial charge in [-0.15, -0.1) is 0 Å². The predicted octanol–water partition coefficient (Wildman–Crippen LogP) is 3.05. The molecule has 4 nitrogen and oxygen atoms in total. The molecule has 1 N–H and O–H groups in total. The molecule has 0 amide bonds. The maximum absolute atomic E-state index is 11.5. The van der Waals surface area contributed by atoms with Gasteiger partial charge >= 0.3 is 5.97 Å². The fourth-order valence-corrected chi connectivity index (χ4v) is 2.71. The van der Waals surface area contributed by atoms with Gasteiger partial charge in [0.1, 0.15) is 17.9 Å². The summed E-state index contributed by atoms with van der Waals surface area (Å²) in [4.78, 5) is 13.5. The van der Waals surface area contributed by atoms with Crippen molar-refractivity contribution in [3.8, 4) is 5.75 Å². The Hall–Kier alpha value is -1.26. The van der Waals surface area contributed by atoms with E-state index < -0.39 is 11.5 Å². The van der Waals surface area contributed by atoms with Crippen LogP contribution < -0.4 is 4.74 Å². The molecule has 1 aliphatic heterocycles. The van der Waals surface area contributed by atoms with E-state index in [-0.39, 0.29) is 0 Å². The summed E-state index contributed by atoms with van der Waals surface area (Å²) in [5, 5.41) is 10.1. The average molecular weight is 298 g/mol. The SMILES string of the molecule is CC1(C(=O)O)CCCCN1CCOc1ccc(Cl)cc1. The van der Waals surface area contributed by atoms with Crippen molar-refractivity contribution in [3.05, 3.63) is 29.3 Å². The summed E-state index contributed by atoms with van der Waals surface area (Å²) in [6.07, 6.45) is 2.71. The maximum atomic E-state index is 11.5. The number of carboxylic acid groups (broad SMARTS) is 1. The van der Waals surface area contributed by atoms with Gasteiger partial charge in [0.05, 0.1) is 0 Å². The first kappa shape index (κ1) is 15.1. The van der Waals surface area contributed by atoms with E-state index in [9.17, 15) is 9.90 Å². The zero-order valence-corrected chi connectivity index (χ0v) is 12.4. The third kappa shape index (κ3) is 3.44. The number of carbonyl (C=O) groups is 1. The van der Waals surface area contributed by atoms with Gasteiger partial charge in [0.25, 0.3) is 0 Å². The smallest absolute Gasteiger partial charge is 0.323 e. The third-order valence-electron chi connectivity index (χ3n) is 3.94. The van der Waals surface area contributed by atoms with Gasteiger partial charge in [-0.1, -0.05) is 11.6 Å². The first-order valence-electron chi connectivity index (χ1n) is 6.89. The number of hydrogen-bond acceptors (Lipinski definition) is 3. The zero-order valence-electron chi connectivity index (χ0n) is 11.6. The highest BCUT2D eigenvalue weighted by Crippen LogP contribution is 2.28. The Morgan fingerprint density at radius 1 is 1.40 bits per heavy atom. The van der Waals surface area contributed by atoms with E-state index in [1.807, 2.05) is 17.0 Å². The number of rotatable bonds is 5. The number of piperidine rings is 1. The molecule has 1 unspecified atom stereocenters. The molecule has 2 rings (SSSR count). The largest absolute Gasteiger partial charge is 0.492 e. The lowest BCUT2D eigenvalue weighted by Crippen LogP contribution is -2.56. The van der Waals surface area contributed by atoms with E-state index >= 15 is 0 Å². The van der Waals surface area contributed by atoms with E-state index in [2.05, 4.69) is 0 Å². The van der Waals surface area contributed by atoms with E-state index in [0.29, 0.717) is 24.6 Å². The van der Waals surface area contributed by atoms with Gasteiger partial charge in [-0.3, -0.25) is 9.69 Å². The Balaban J connectivity index is 1.88. The van der Waals surface area contributed by atoms with Gasteiger partial charge in [0.15, 0.2) is 0 Å². The molecule has 1 aliphatic rings. The average Bonchev–Trinajstić information content (AvgIpc) is 2.43. The van der Waals surface area contributed by atoms with Gasteiger partial charge < -0.3 is 9.84 Å². The first-order chi connectivity index (χ1) is 9.52. The summed E-state index contributed by atoms with van der Waals surface area (Å²) in [5.41, 5.74) is -0.762. The van der Waals surface area contributed by atoms with Gasteiger partial charge in [-0.2, -0.15) is 0 Å². The second kappa shape index (κ2) is 6.46. The monoisotopic (exact) mass is 297 g/mol. The molecule has 1 heterocycles. The summed E-state index contributed by atoms with van der Waals surface area (Å²) >= 11 is 5.81.